The normalized spacial score (nSPS) is 15.0. The summed E-state index contributed by atoms with van der Waals surface area (Å²) in [4.78, 5) is 26.7. The highest BCUT2D eigenvalue weighted by Crippen LogP contribution is 2.32. The number of furan rings is 1. The van der Waals surface area contributed by atoms with Crippen LogP contribution in [0.15, 0.2) is 35.1 Å². The highest BCUT2D eigenvalue weighted by molar-refractivity contribution is 6.31. The van der Waals surface area contributed by atoms with Crippen LogP contribution in [0.4, 0.5) is 5.69 Å². The van der Waals surface area contributed by atoms with E-state index in [9.17, 15) is 9.59 Å². The number of likely N-dealkylation sites (tertiary alicyclic amines) is 1. The van der Waals surface area contributed by atoms with E-state index in [-0.39, 0.29) is 17.7 Å². The SMILES string of the molecule is COc1cc(Cl)c(C)cc1NC(=O)C1CCN(C(=O)c2ccoc2)CC1. The second-order valence-corrected chi connectivity index (χ2v) is 6.78. The lowest BCUT2D eigenvalue weighted by atomic mass is 9.95. The predicted octanol–water partition coefficient (Wildman–Crippen LogP) is 3.74. The topological polar surface area (TPSA) is 71.8 Å². The number of methoxy groups -OCH3 is 1. The summed E-state index contributed by atoms with van der Waals surface area (Å²) in [5.41, 5.74) is 2.01. The Bertz CT molecular complexity index is 796. The highest BCUT2D eigenvalue weighted by atomic mass is 35.5. The number of aryl methyl sites for hydroxylation is 1. The second kappa shape index (κ2) is 7.83. The van der Waals surface area contributed by atoms with E-state index in [1.807, 2.05) is 6.92 Å². The minimum atomic E-state index is -0.149. The molecule has 3 rings (SSSR count). The first kappa shape index (κ1) is 18.3. The molecule has 1 aromatic carbocycles. The number of anilines is 1. The number of carbonyl (C=O) groups is 2. The summed E-state index contributed by atoms with van der Waals surface area (Å²) in [6.45, 7) is 2.95. The van der Waals surface area contributed by atoms with E-state index >= 15 is 0 Å². The fourth-order valence-electron chi connectivity index (χ4n) is 3.08. The number of piperidine rings is 1. The summed E-state index contributed by atoms with van der Waals surface area (Å²) in [5, 5.41) is 3.52. The van der Waals surface area contributed by atoms with Gasteiger partial charge in [0, 0.05) is 30.1 Å². The van der Waals surface area contributed by atoms with Crippen molar-refractivity contribution in [3.63, 3.8) is 0 Å². The van der Waals surface area contributed by atoms with Gasteiger partial charge < -0.3 is 19.4 Å². The molecule has 1 N–H and O–H groups in total. The van der Waals surface area contributed by atoms with E-state index in [1.54, 1.807) is 23.1 Å². The molecular weight excluding hydrogens is 356 g/mol. The summed E-state index contributed by atoms with van der Waals surface area (Å²) in [7, 11) is 1.54. The third-order valence-electron chi connectivity index (χ3n) is 4.66. The summed E-state index contributed by atoms with van der Waals surface area (Å²) in [5.74, 6) is 0.249. The maximum absolute atomic E-state index is 12.6. The van der Waals surface area contributed by atoms with Crippen molar-refractivity contribution >= 4 is 29.1 Å². The van der Waals surface area contributed by atoms with Crippen LogP contribution >= 0.6 is 11.6 Å². The van der Waals surface area contributed by atoms with E-state index in [2.05, 4.69) is 5.32 Å². The van der Waals surface area contributed by atoms with Crippen molar-refractivity contribution in [2.24, 2.45) is 5.92 Å². The Morgan fingerprint density at radius 1 is 1.31 bits per heavy atom. The molecule has 0 atom stereocenters. The molecule has 2 amide bonds. The Kier molecular flexibility index (Phi) is 5.52. The molecule has 2 heterocycles. The van der Waals surface area contributed by atoms with Gasteiger partial charge in [-0.05, 0) is 37.5 Å². The number of amides is 2. The van der Waals surface area contributed by atoms with E-state index < -0.39 is 0 Å². The molecule has 0 saturated carbocycles. The average Bonchev–Trinajstić information content (AvgIpc) is 3.18. The molecule has 1 fully saturated rings. The molecule has 1 aliphatic heterocycles. The Labute approximate surface area is 157 Å². The van der Waals surface area contributed by atoms with Crippen molar-refractivity contribution in [1.29, 1.82) is 0 Å². The molecule has 26 heavy (non-hydrogen) atoms. The van der Waals surface area contributed by atoms with Crippen molar-refractivity contribution in [3.8, 4) is 5.75 Å². The molecule has 0 radical (unpaired) electrons. The number of nitrogens with zero attached hydrogens (tertiary/aromatic N) is 1. The van der Waals surface area contributed by atoms with Gasteiger partial charge in [-0.2, -0.15) is 0 Å². The second-order valence-electron chi connectivity index (χ2n) is 6.37. The van der Waals surface area contributed by atoms with Gasteiger partial charge in [-0.1, -0.05) is 11.6 Å². The first-order chi connectivity index (χ1) is 12.5. The Morgan fingerprint density at radius 2 is 2.04 bits per heavy atom. The Hall–Kier alpha value is -2.47. The molecule has 0 bridgehead atoms. The first-order valence-electron chi connectivity index (χ1n) is 8.46. The Morgan fingerprint density at radius 3 is 2.65 bits per heavy atom. The number of rotatable bonds is 4. The van der Waals surface area contributed by atoms with Gasteiger partial charge in [0.15, 0.2) is 0 Å². The fraction of sp³-hybridized carbons (Fsp3) is 0.368. The van der Waals surface area contributed by atoms with E-state index in [1.165, 1.54) is 19.6 Å². The molecule has 0 unspecified atom stereocenters. The third-order valence-corrected chi connectivity index (χ3v) is 5.07. The van der Waals surface area contributed by atoms with Crippen LogP contribution < -0.4 is 10.1 Å². The Balaban J connectivity index is 1.61. The lowest BCUT2D eigenvalue weighted by Crippen LogP contribution is -2.41. The average molecular weight is 377 g/mol. The number of ether oxygens (including phenoxy) is 1. The largest absolute Gasteiger partial charge is 0.495 e. The predicted molar refractivity (Wildman–Crippen MR) is 98.7 cm³/mol. The maximum atomic E-state index is 12.6. The zero-order valence-corrected chi connectivity index (χ0v) is 15.5. The number of carbonyl (C=O) groups excluding carboxylic acids is 2. The van der Waals surface area contributed by atoms with Crippen LogP contribution in [-0.2, 0) is 4.79 Å². The van der Waals surface area contributed by atoms with Crippen LogP contribution in [0.3, 0.4) is 0 Å². The summed E-state index contributed by atoms with van der Waals surface area (Å²) >= 11 is 6.10. The molecule has 6 nitrogen and oxygen atoms in total. The quantitative estimate of drug-likeness (QED) is 0.882. The van der Waals surface area contributed by atoms with Crippen LogP contribution in [0, 0.1) is 12.8 Å². The van der Waals surface area contributed by atoms with Gasteiger partial charge in [-0.3, -0.25) is 9.59 Å². The monoisotopic (exact) mass is 376 g/mol. The number of hydrogen-bond donors (Lipinski definition) is 1. The molecule has 138 valence electrons. The van der Waals surface area contributed by atoms with Crippen LogP contribution in [0.25, 0.3) is 0 Å². The molecule has 0 aliphatic carbocycles. The maximum Gasteiger partial charge on any atom is 0.257 e. The van der Waals surface area contributed by atoms with Crippen molar-refractivity contribution < 1.29 is 18.7 Å². The number of benzene rings is 1. The van der Waals surface area contributed by atoms with E-state index in [0.29, 0.717) is 48.0 Å². The molecule has 1 aromatic heterocycles. The van der Waals surface area contributed by atoms with Gasteiger partial charge in [0.25, 0.3) is 5.91 Å². The van der Waals surface area contributed by atoms with Crippen molar-refractivity contribution in [2.75, 3.05) is 25.5 Å². The van der Waals surface area contributed by atoms with E-state index in [4.69, 9.17) is 20.8 Å². The number of halogens is 1. The van der Waals surface area contributed by atoms with Crippen molar-refractivity contribution in [1.82, 2.24) is 4.90 Å². The van der Waals surface area contributed by atoms with Crippen LogP contribution in [0.5, 0.6) is 5.75 Å². The molecular formula is C19H21ClN2O4. The van der Waals surface area contributed by atoms with Gasteiger partial charge in [-0.25, -0.2) is 0 Å². The van der Waals surface area contributed by atoms with Gasteiger partial charge in [0.2, 0.25) is 5.91 Å². The van der Waals surface area contributed by atoms with Crippen LogP contribution in [0.1, 0.15) is 28.8 Å². The third kappa shape index (κ3) is 3.85. The molecule has 0 spiro atoms. The van der Waals surface area contributed by atoms with Gasteiger partial charge >= 0.3 is 0 Å². The number of hydrogen-bond acceptors (Lipinski definition) is 4. The van der Waals surface area contributed by atoms with Crippen molar-refractivity contribution in [3.05, 3.63) is 46.9 Å². The fourth-order valence-corrected chi connectivity index (χ4v) is 3.23. The molecule has 1 aliphatic rings. The molecule has 1 saturated heterocycles. The summed E-state index contributed by atoms with van der Waals surface area (Å²) in [6, 6.07) is 5.14. The summed E-state index contributed by atoms with van der Waals surface area (Å²) in [6.07, 6.45) is 4.15. The zero-order valence-electron chi connectivity index (χ0n) is 14.8. The van der Waals surface area contributed by atoms with Gasteiger partial charge in [-0.15, -0.1) is 0 Å². The summed E-state index contributed by atoms with van der Waals surface area (Å²) < 4.78 is 10.3. The number of nitrogens with one attached hydrogen (secondary N) is 1. The van der Waals surface area contributed by atoms with Crippen LogP contribution in [0.2, 0.25) is 5.02 Å². The first-order valence-corrected chi connectivity index (χ1v) is 8.84. The van der Waals surface area contributed by atoms with Crippen molar-refractivity contribution in [2.45, 2.75) is 19.8 Å². The standard InChI is InChI=1S/C19H21ClN2O4/c1-12-9-16(17(25-2)10-15(12)20)21-18(23)13-3-6-22(7-4-13)19(24)14-5-8-26-11-14/h5,8-11,13H,3-4,6-7H2,1-2H3,(H,21,23). The minimum absolute atomic E-state index is 0.0624. The lowest BCUT2D eigenvalue weighted by molar-refractivity contribution is -0.121. The van der Waals surface area contributed by atoms with Gasteiger partial charge in [0.05, 0.1) is 24.6 Å². The molecule has 7 heteroatoms. The van der Waals surface area contributed by atoms with E-state index in [0.717, 1.165) is 5.56 Å². The lowest BCUT2D eigenvalue weighted by Gasteiger charge is -2.31. The van der Waals surface area contributed by atoms with Gasteiger partial charge in [0.1, 0.15) is 12.0 Å². The smallest absolute Gasteiger partial charge is 0.257 e. The molecule has 2 aromatic rings. The minimum Gasteiger partial charge on any atom is -0.495 e. The highest BCUT2D eigenvalue weighted by Gasteiger charge is 2.28. The zero-order chi connectivity index (χ0) is 18.7. The van der Waals surface area contributed by atoms with Crippen LogP contribution in [-0.4, -0.2) is 36.9 Å².